The first-order chi connectivity index (χ1) is 6.03. The highest BCUT2D eigenvalue weighted by molar-refractivity contribution is 9.10. The van der Waals surface area contributed by atoms with Crippen LogP contribution < -0.4 is 4.74 Å². The molecule has 0 heterocycles. The summed E-state index contributed by atoms with van der Waals surface area (Å²) in [6.07, 6.45) is -3.58. The summed E-state index contributed by atoms with van der Waals surface area (Å²) in [4.78, 5) is 0. The molecule has 13 heavy (non-hydrogen) atoms. The monoisotopic (exact) mass is 252 g/mol. The van der Waals surface area contributed by atoms with E-state index in [1.54, 1.807) is 12.1 Å². The molecule has 72 valence electrons. The minimum atomic E-state index is -3.58. The Morgan fingerprint density at radius 1 is 1.23 bits per heavy atom. The lowest BCUT2D eigenvalue weighted by molar-refractivity contribution is -0.342. The van der Waals surface area contributed by atoms with E-state index in [1.165, 1.54) is 12.1 Å². The first-order valence-electron chi connectivity index (χ1n) is 3.41. The second-order valence-corrected chi connectivity index (χ2v) is 3.14. The molecule has 0 spiro atoms. The van der Waals surface area contributed by atoms with Crippen LogP contribution in [0.1, 0.15) is 0 Å². The first kappa shape index (κ1) is 10.4. The lowest BCUT2D eigenvalue weighted by Gasteiger charge is -2.14. The molecule has 0 saturated carbocycles. The summed E-state index contributed by atoms with van der Waals surface area (Å²) in [7, 11) is 0.874. The average Bonchev–Trinajstić information content (AvgIpc) is 2.09. The van der Waals surface area contributed by atoms with Crippen molar-refractivity contribution >= 4 is 15.9 Å². The maximum atomic E-state index is 12.5. The molecular weight excluding hydrogens is 246 g/mol. The van der Waals surface area contributed by atoms with Gasteiger partial charge in [-0.05, 0) is 24.3 Å². The summed E-state index contributed by atoms with van der Waals surface area (Å²) >= 11 is 3.17. The van der Waals surface area contributed by atoms with Crippen molar-refractivity contribution in [2.75, 3.05) is 7.11 Å². The van der Waals surface area contributed by atoms with Gasteiger partial charge in [-0.1, -0.05) is 15.9 Å². The molecule has 0 bridgehead atoms. The maximum absolute atomic E-state index is 12.5. The van der Waals surface area contributed by atoms with Crippen LogP contribution in [0.25, 0.3) is 0 Å². The molecule has 0 atom stereocenters. The van der Waals surface area contributed by atoms with Gasteiger partial charge in [0.25, 0.3) is 0 Å². The molecular formula is C8H7BrF2O2. The highest BCUT2D eigenvalue weighted by Gasteiger charge is 2.31. The Morgan fingerprint density at radius 3 is 2.23 bits per heavy atom. The van der Waals surface area contributed by atoms with Gasteiger partial charge in [-0.25, -0.2) is 0 Å². The van der Waals surface area contributed by atoms with Gasteiger partial charge in [0.15, 0.2) is 0 Å². The number of benzene rings is 1. The first-order valence-corrected chi connectivity index (χ1v) is 4.20. The third kappa shape index (κ3) is 3.28. The zero-order valence-corrected chi connectivity index (χ0v) is 8.35. The fourth-order valence-corrected chi connectivity index (χ4v) is 0.946. The van der Waals surface area contributed by atoms with Gasteiger partial charge in [-0.15, -0.1) is 8.78 Å². The van der Waals surface area contributed by atoms with Gasteiger partial charge in [0.1, 0.15) is 5.75 Å². The van der Waals surface area contributed by atoms with E-state index < -0.39 is 6.29 Å². The van der Waals surface area contributed by atoms with Crippen molar-refractivity contribution in [3.8, 4) is 5.75 Å². The summed E-state index contributed by atoms with van der Waals surface area (Å²) in [5.74, 6) is 0.0510. The minimum Gasteiger partial charge on any atom is -0.409 e. The predicted octanol–water partition coefficient (Wildman–Crippen LogP) is 3.02. The second-order valence-electron chi connectivity index (χ2n) is 2.22. The van der Waals surface area contributed by atoms with Gasteiger partial charge in [0.05, 0.1) is 0 Å². The van der Waals surface area contributed by atoms with Crippen LogP contribution >= 0.6 is 15.9 Å². The maximum Gasteiger partial charge on any atom is 0.535 e. The van der Waals surface area contributed by atoms with Crippen LogP contribution in [0.15, 0.2) is 28.7 Å². The minimum absolute atomic E-state index is 0.0510. The third-order valence-corrected chi connectivity index (χ3v) is 1.82. The molecule has 0 saturated heterocycles. The highest BCUT2D eigenvalue weighted by Crippen LogP contribution is 2.23. The predicted molar refractivity (Wildman–Crippen MR) is 46.7 cm³/mol. The van der Waals surface area contributed by atoms with E-state index in [-0.39, 0.29) is 5.75 Å². The van der Waals surface area contributed by atoms with E-state index in [0.29, 0.717) is 0 Å². The zero-order valence-electron chi connectivity index (χ0n) is 6.76. The quantitative estimate of drug-likeness (QED) is 0.771. The number of ether oxygens (including phenoxy) is 2. The Bertz CT molecular complexity index is 274. The molecule has 1 aromatic carbocycles. The van der Waals surface area contributed by atoms with Crippen LogP contribution in [0.2, 0.25) is 0 Å². The van der Waals surface area contributed by atoms with Crippen LogP contribution in [0.4, 0.5) is 8.78 Å². The van der Waals surface area contributed by atoms with Crippen molar-refractivity contribution in [2.45, 2.75) is 6.29 Å². The SMILES string of the molecule is COC(F)(F)Oc1ccc(Br)cc1. The molecule has 0 N–H and O–H groups in total. The topological polar surface area (TPSA) is 18.5 Å². The van der Waals surface area contributed by atoms with Crippen molar-refractivity contribution in [1.29, 1.82) is 0 Å². The molecule has 0 aromatic heterocycles. The van der Waals surface area contributed by atoms with Crippen molar-refractivity contribution < 1.29 is 18.3 Å². The van der Waals surface area contributed by atoms with E-state index in [2.05, 4.69) is 25.4 Å². The summed E-state index contributed by atoms with van der Waals surface area (Å²) in [6.45, 7) is 0. The van der Waals surface area contributed by atoms with Crippen LogP contribution in [0, 0.1) is 0 Å². The van der Waals surface area contributed by atoms with Gasteiger partial charge in [0, 0.05) is 11.6 Å². The lowest BCUT2D eigenvalue weighted by atomic mass is 10.3. The zero-order chi connectivity index (χ0) is 9.90. The fourth-order valence-electron chi connectivity index (χ4n) is 0.682. The smallest absolute Gasteiger partial charge is 0.409 e. The molecule has 5 heteroatoms. The van der Waals surface area contributed by atoms with Gasteiger partial charge in [-0.2, -0.15) is 0 Å². The van der Waals surface area contributed by atoms with Crippen molar-refractivity contribution in [2.24, 2.45) is 0 Å². The Labute approximate surface area is 82.6 Å². The summed E-state index contributed by atoms with van der Waals surface area (Å²) < 4.78 is 33.8. The van der Waals surface area contributed by atoms with E-state index in [1.807, 2.05) is 0 Å². The number of halogens is 3. The van der Waals surface area contributed by atoms with Crippen LogP contribution in [0.3, 0.4) is 0 Å². The van der Waals surface area contributed by atoms with Gasteiger partial charge in [0.2, 0.25) is 0 Å². The molecule has 2 nitrogen and oxygen atoms in total. The Morgan fingerprint density at radius 2 is 1.77 bits per heavy atom. The average molecular weight is 253 g/mol. The van der Waals surface area contributed by atoms with Gasteiger partial charge < -0.3 is 4.74 Å². The molecule has 0 amide bonds. The summed E-state index contributed by atoms with van der Waals surface area (Å²) in [6, 6.07) is 6.02. The molecule has 0 fully saturated rings. The fraction of sp³-hybridized carbons (Fsp3) is 0.250. The summed E-state index contributed by atoms with van der Waals surface area (Å²) in [5.41, 5.74) is 0. The lowest BCUT2D eigenvalue weighted by Crippen LogP contribution is -2.26. The Balaban J connectivity index is 2.69. The largest absolute Gasteiger partial charge is 0.535 e. The number of methoxy groups -OCH3 is 1. The standard InChI is InChI=1S/C8H7BrF2O2/c1-12-8(10,11)13-7-4-2-6(9)3-5-7/h2-5H,1H3. The number of hydrogen-bond acceptors (Lipinski definition) is 2. The van der Waals surface area contributed by atoms with E-state index in [9.17, 15) is 8.78 Å². The molecule has 0 unspecified atom stereocenters. The van der Waals surface area contributed by atoms with Crippen molar-refractivity contribution in [3.63, 3.8) is 0 Å². The number of rotatable bonds is 3. The van der Waals surface area contributed by atoms with Crippen molar-refractivity contribution in [3.05, 3.63) is 28.7 Å². The Kier molecular flexibility index (Phi) is 3.22. The molecule has 1 rings (SSSR count). The normalized spacial score (nSPS) is 11.4. The Hall–Kier alpha value is -0.680. The molecule has 0 aliphatic carbocycles. The van der Waals surface area contributed by atoms with Gasteiger partial charge >= 0.3 is 6.29 Å². The van der Waals surface area contributed by atoms with E-state index in [4.69, 9.17) is 0 Å². The molecule has 0 radical (unpaired) electrons. The van der Waals surface area contributed by atoms with E-state index in [0.717, 1.165) is 11.6 Å². The molecule has 0 aliphatic rings. The molecule has 0 aliphatic heterocycles. The van der Waals surface area contributed by atoms with Crippen LogP contribution in [-0.4, -0.2) is 13.4 Å². The molecule has 1 aromatic rings. The number of hydrogen-bond donors (Lipinski definition) is 0. The highest BCUT2D eigenvalue weighted by atomic mass is 79.9. The summed E-state index contributed by atoms with van der Waals surface area (Å²) in [5, 5.41) is 0. The third-order valence-electron chi connectivity index (χ3n) is 1.29. The van der Waals surface area contributed by atoms with Gasteiger partial charge in [-0.3, -0.25) is 4.74 Å². The van der Waals surface area contributed by atoms with Crippen molar-refractivity contribution in [1.82, 2.24) is 0 Å². The number of alkyl halides is 2. The van der Waals surface area contributed by atoms with Crippen LogP contribution in [-0.2, 0) is 4.74 Å². The van der Waals surface area contributed by atoms with Crippen LogP contribution in [0.5, 0.6) is 5.75 Å². The second kappa shape index (κ2) is 4.02. The van der Waals surface area contributed by atoms with E-state index >= 15 is 0 Å².